The summed E-state index contributed by atoms with van der Waals surface area (Å²) >= 11 is 0. The highest BCUT2D eigenvalue weighted by Gasteiger charge is 2.24. The van der Waals surface area contributed by atoms with E-state index >= 15 is 0 Å². The molecular weight excluding hydrogens is 268 g/mol. The number of rotatable bonds is 7. The molecular formula is C16H24N2O3. The predicted octanol–water partition coefficient (Wildman–Crippen LogP) is 0.381. The van der Waals surface area contributed by atoms with E-state index in [9.17, 15) is 9.90 Å². The number of hydrogen-bond acceptors (Lipinski definition) is 4. The number of carbonyl (C=O) groups excluding carboxylic acids is 1. The molecule has 1 N–H and O–H groups in total. The Morgan fingerprint density at radius 3 is 2.71 bits per heavy atom. The third-order valence-corrected chi connectivity index (χ3v) is 3.75. The maximum Gasteiger partial charge on any atom is 0.236 e. The van der Waals surface area contributed by atoms with E-state index < -0.39 is 6.10 Å². The van der Waals surface area contributed by atoms with E-state index in [2.05, 4.69) is 0 Å². The quantitative estimate of drug-likeness (QED) is 0.789. The molecule has 0 aliphatic carbocycles. The minimum absolute atomic E-state index is 0.116. The Bertz CT molecular complexity index is 438. The summed E-state index contributed by atoms with van der Waals surface area (Å²) in [5.41, 5.74) is 1.12. The average Bonchev–Trinajstić information content (AvgIpc) is 2.47. The number of β-amino-alcohol motifs (C(OH)–C–C–N with tert-alkyl or cyclic N) is 1. The van der Waals surface area contributed by atoms with Crippen LogP contribution in [0.4, 0.5) is 0 Å². The standard InChI is InChI=1S/C16H24N2O3/c1-21-10-9-18-8-7-17(13-16(18)20)12-15(19)11-14-5-3-2-4-6-14/h2-6,15,19H,7-13H2,1H3. The Balaban J connectivity index is 1.75. The van der Waals surface area contributed by atoms with Crippen LogP contribution in [0.2, 0.25) is 0 Å². The van der Waals surface area contributed by atoms with Crippen molar-refractivity contribution >= 4 is 5.91 Å². The molecule has 1 aliphatic rings. The number of methoxy groups -OCH3 is 1. The van der Waals surface area contributed by atoms with Crippen LogP contribution in [0.25, 0.3) is 0 Å². The van der Waals surface area contributed by atoms with Crippen LogP contribution < -0.4 is 0 Å². The first-order valence-corrected chi connectivity index (χ1v) is 7.40. The van der Waals surface area contributed by atoms with Gasteiger partial charge in [-0.15, -0.1) is 0 Å². The Kier molecular flexibility index (Phi) is 6.17. The van der Waals surface area contributed by atoms with E-state index in [-0.39, 0.29) is 5.91 Å². The van der Waals surface area contributed by atoms with Gasteiger partial charge < -0.3 is 14.7 Å². The Morgan fingerprint density at radius 2 is 2.05 bits per heavy atom. The highest BCUT2D eigenvalue weighted by molar-refractivity contribution is 5.79. The van der Waals surface area contributed by atoms with Crippen molar-refractivity contribution < 1.29 is 14.6 Å². The van der Waals surface area contributed by atoms with Gasteiger partial charge in [-0.25, -0.2) is 0 Å². The fourth-order valence-electron chi connectivity index (χ4n) is 2.60. The summed E-state index contributed by atoms with van der Waals surface area (Å²) in [6.45, 7) is 3.66. The number of hydrogen-bond donors (Lipinski definition) is 1. The Hall–Kier alpha value is -1.43. The van der Waals surface area contributed by atoms with Gasteiger partial charge in [0, 0.05) is 33.3 Å². The summed E-state index contributed by atoms with van der Waals surface area (Å²) in [5, 5.41) is 10.2. The topological polar surface area (TPSA) is 53.0 Å². The van der Waals surface area contributed by atoms with E-state index in [0.717, 1.165) is 12.1 Å². The first kappa shape index (κ1) is 15.9. The van der Waals surface area contributed by atoms with E-state index in [1.165, 1.54) is 0 Å². The van der Waals surface area contributed by atoms with Crippen molar-refractivity contribution in [1.29, 1.82) is 0 Å². The molecule has 1 amide bonds. The SMILES string of the molecule is COCCN1CCN(CC(O)Cc2ccccc2)CC1=O. The van der Waals surface area contributed by atoms with Crippen LogP contribution in [0.3, 0.4) is 0 Å². The highest BCUT2D eigenvalue weighted by atomic mass is 16.5. The number of aliphatic hydroxyl groups is 1. The van der Waals surface area contributed by atoms with E-state index in [1.54, 1.807) is 7.11 Å². The van der Waals surface area contributed by atoms with Crippen molar-refractivity contribution in [3.05, 3.63) is 35.9 Å². The number of aliphatic hydroxyl groups excluding tert-OH is 1. The zero-order valence-corrected chi connectivity index (χ0v) is 12.6. The van der Waals surface area contributed by atoms with Crippen molar-refractivity contribution in [2.45, 2.75) is 12.5 Å². The number of carbonyl (C=O) groups is 1. The molecule has 1 aromatic rings. The summed E-state index contributed by atoms with van der Waals surface area (Å²) in [4.78, 5) is 15.8. The number of ether oxygens (including phenoxy) is 1. The van der Waals surface area contributed by atoms with E-state index in [0.29, 0.717) is 39.2 Å². The maximum absolute atomic E-state index is 12.0. The van der Waals surface area contributed by atoms with Gasteiger partial charge >= 0.3 is 0 Å². The second-order valence-electron chi connectivity index (χ2n) is 5.45. The van der Waals surface area contributed by atoms with Crippen LogP contribution in [0, 0.1) is 0 Å². The molecule has 5 heteroatoms. The summed E-state index contributed by atoms with van der Waals surface area (Å²) in [5.74, 6) is 0.116. The van der Waals surface area contributed by atoms with Gasteiger partial charge in [0.1, 0.15) is 0 Å². The summed E-state index contributed by atoms with van der Waals surface area (Å²) in [6.07, 6.45) is 0.185. The normalized spacial score (nSPS) is 18.0. The monoisotopic (exact) mass is 292 g/mol. The Morgan fingerprint density at radius 1 is 1.29 bits per heavy atom. The Labute approximate surface area is 126 Å². The first-order valence-electron chi connectivity index (χ1n) is 7.40. The lowest BCUT2D eigenvalue weighted by molar-refractivity contribution is -0.137. The van der Waals surface area contributed by atoms with E-state index in [4.69, 9.17) is 4.74 Å². The van der Waals surface area contributed by atoms with Crippen LogP contribution in [-0.2, 0) is 16.0 Å². The van der Waals surface area contributed by atoms with Gasteiger partial charge in [-0.1, -0.05) is 30.3 Å². The van der Waals surface area contributed by atoms with Crippen LogP contribution in [0.15, 0.2) is 30.3 Å². The minimum Gasteiger partial charge on any atom is -0.391 e. The first-order chi connectivity index (χ1) is 10.2. The zero-order valence-electron chi connectivity index (χ0n) is 12.6. The molecule has 21 heavy (non-hydrogen) atoms. The molecule has 1 heterocycles. The lowest BCUT2D eigenvalue weighted by atomic mass is 10.1. The second-order valence-corrected chi connectivity index (χ2v) is 5.45. The summed E-state index contributed by atoms with van der Waals surface area (Å²) in [7, 11) is 1.64. The number of nitrogens with zero attached hydrogens (tertiary/aromatic N) is 2. The molecule has 1 fully saturated rings. The van der Waals surface area contributed by atoms with Gasteiger partial charge in [0.25, 0.3) is 0 Å². The van der Waals surface area contributed by atoms with Crippen molar-refractivity contribution in [2.24, 2.45) is 0 Å². The molecule has 0 radical (unpaired) electrons. The van der Waals surface area contributed by atoms with Crippen molar-refractivity contribution in [2.75, 3.05) is 46.4 Å². The second kappa shape index (κ2) is 8.12. The lowest BCUT2D eigenvalue weighted by Crippen LogP contribution is -2.52. The lowest BCUT2D eigenvalue weighted by Gasteiger charge is -2.35. The maximum atomic E-state index is 12.0. The van der Waals surface area contributed by atoms with Crippen molar-refractivity contribution in [3.8, 4) is 0 Å². The molecule has 0 saturated carbocycles. The molecule has 1 aliphatic heterocycles. The number of benzene rings is 1. The van der Waals surface area contributed by atoms with Crippen LogP contribution in [0.1, 0.15) is 5.56 Å². The third-order valence-electron chi connectivity index (χ3n) is 3.75. The molecule has 1 aromatic carbocycles. The average molecular weight is 292 g/mol. The smallest absolute Gasteiger partial charge is 0.236 e. The minimum atomic E-state index is -0.439. The van der Waals surface area contributed by atoms with Gasteiger partial charge in [-0.2, -0.15) is 0 Å². The molecule has 0 spiro atoms. The van der Waals surface area contributed by atoms with Crippen LogP contribution in [-0.4, -0.2) is 73.4 Å². The van der Waals surface area contributed by atoms with Crippen molar-refractivity contribution in [1.82, 2.24) is 9.80 Å². The van der Waals surface area contributed by atoms with Gasteiger partial charge in [-0.05, 0) is 12.0 Å². The molecule has 0 bridgehead atoms. The van der Waals surface area contributed by atoms with Crippen molar-refractivity contribution in [3.63, 3.8) is 0 Å². The zero-order chi connectivity index (χ0) is 15.1. The predicted molar refractivity (Wildman–Crippen MR) is 81.0 cm³/mol. The van der Waals surface area contributed by atoms with Gasteiger partial charge in [0.2, 0.25) is 5.91 Å². The van der Waals surface area contributed by atoms with E-state index in [1.807, 2.05) is 40.1 Å². The number of piperazine rings is 1. The van der Waals surface area contributed by atoms with Crippen LogP contribution >= 0.6 is 0 Å². The third kappa shape index (κ3) is 5.12. The molecule has 1 unspecified atom stereocenters. The molecule has 1 saturated heterocycles. The fraction of sp³-hybridized carbons (Fsp3) is 0.562. The van der Waals surface area contributed by atoms with Crippen LogP contribution in [0.5, 0.6) is 0 Å². The summed E-state index contributed by atoms with van der Waals surface area (Å²) < 4.78 is 5.00. The molecule has 116 valence electrons. The van der Waals surface area contributed by atoms with Gasteiger partial charge in [0.15, 0.2) is 0 Å². The molecule has 2 rings (SSSR count). The molecule has 1 atom stereocenters. The number of amides is 1. The molecule has 0 aromatic heterocycles. The van der Waals surface area contributed by atoms with Gasteiger partial charge in [-0.3, -0.25) is 9.69 Å². The van der Waals surface area contributed by atoms with Gasteiger partial charge in [0.05, 0.1) is 19.3 Å². The fourth-order valence-corrected chi connectivity index (χ4v) is 2.60. The summed E-state index contributed by atoms with van der Waals surface area (Å²) in [6, 6.07) is 9.93. The molecule has 5 nitrogen and oxygen atoms in total. The largest absolute Gasteiger partial charge is 0.391 e. The highest BCUT2D eigenvalue weighted by Crippen LogP contribution is 2.08.